The molecule has 0 bridgehead atoms. The predicted octanol–water partition coefficient (Wildman–Crippen LogP) is 2.54. The Morgan fingerprint density at radius 2 is 1.62 bits per heavy atom. The van der Waals surface area contributed by atoms with E-state index in [4.69, 9.17) is 0 Å². The summed E-state index contributed by atoms with van der Waals surface area (Å²) in [6, 6.07) is 8.52. The quantitative estimate of drug-likeness (QED) is 0.443. The summed E-state index contributed by atoms with van der Waals surface area (Å²) in [4.78, 5) is 0.385. The van der Waals surface area contributed by atoms with Gasteiger partial charge in [-0.15, -0.1) is 12.6 Å². The Morgan fingerprint density at radius 1 is 1.00 bits per heavy atom. The SMILES string of the molecule is Oc1cc(S)c(O)c2ccccc12. The number of hydrogen-bond acceptors (Lipinski definition) is 3. The van der Waals surface area contributed by atoms with Gasteiger partial charge in [0.25, 0.3) is 0 Å². The molecule has 0 amide bonds. The van der Waals surface area contributed by atoms with Gasteiger partial charge >= 0.3 is 0 Å². The molecule has 2 aromatic rings. The molecule has 13 heavy (non-hydrogen) atoms. The summed E-state index contributed by atoms with van der Waals surface area (Å²) < 4.78 is 0. The van der Waals surface area contributed by atoms with Gasteiger partial charge in [0, 0.05) is 10.8 Å². The minimum atomic E-state index is 0.108. The number of rotatable bonds is 0. The van der Waals surface area contributed by atoms with Crippen molar-refractivity contribution in [3.8, 4) is 11.5 Å². The molecule has 0 aliphatic rings. The van der Waals surface area contributed by atoms with E-state index in [1.165, 1.54) is 6.07 Å². The van der Waals surface area contributed by atoms with Gasteiger partial charge in [-0.25, -0.2) is 0 Å². The molecule has 0 atom stereocenters. The van der Waals surface area contributed by atoms with Crippen molar-refractivity contribution >= 4 is 23.4 Å². The maximum atomic E-state index is 9.60. The molecule has 0 saturated heterocycles. The minimum absolute atomic E-state index is 0.108. The molecule has 2 nitrogen and oxygen atoms in total. The Balaban J connectivity index is 2.97. The van der Waals surface area contributed by atoms with E-state index in [9.17, 15) is 10.2 Å². The van der Waals surface area contributed by atoms with Gasteiger partial charge in [-0.05, 0) is 6.07 Å². The van der Waals surface area contributed by atoms with Crippen molar-refractivity contribution in [1.82, 2.24) is 0 Å². The second kappa shape index (κ2) is 2.85. The third kappa shape index (κ3) is 1.21. The first-order valence-corrected chi connectivity index (χ1v) is 4.27. The summed E-state index contributed by atoms with van der Waals surface area (Å²) in [5.41, 5.74) is 0. The molecule has 0 radical (unpaired) electrons. The lowest BCUT2D eigenvalue weighted by Crippen LogP contribution is -1.77. The largest absolute Gasteiger partial charge is 0.507 e. The summed E-state index contributed by atoms with van der Waals surface area (Å²) >= 11 is 4.03. The van der Waals surface area contributed by atoms with Crippen LogP contribution in [0.25, 0.3) is 10.8 Å². The van der Waals surface area contributed by atoms with E-state index in [-0.39, 0.29) is 11.5 Å². The lowest BCUT2D eigenvalue weighted by molar-refractivity contribution is 0.458. The van der Waals surface area contributed by atoms with Crippen LogP contribution in [0.5, 0.6) is 11.5 Å². The first-order valence-electron chi connectivity index (χ1n) is 3.83. The number of thiol groups is 1. The molecule has 3 heteroatoms. The minimum Gasteiger partial charge on any atom is -0.507 e. The number of phenols is 2. The average Bonchev–Trinajstić information content (AvgIpc) is 2.15. The van der Waals surface area contributed by atoms with Crippen molar-refractivity contribution < 1.29 is 10.2 Å². The Labute approximate surface area is 80.9 Å². The van der Waals surface area contributed by atoms with Crippen LogP contribution in [0.15, 0.2) is 35.2 Å². The molecule has 0 saturated carbocycles. The molecule has 0 spiro atoms. The second-order valence-electron chi connectivity index (χ2n) is 2.81. The fraction of sp³-hybridized carbons (Fsp3) is 0. The van der Waals surface area contributed by atoms with Crippen molar-refractivity contribution in [3.63, 3.8) is 0 Å². The third-order valence-electron chi connectivity index (χ3n) is 1.97. The highest BCUT2D eigenvalue weighted by Gasteiger charge is 2.06. The topological polar surface area (TPSA) is 40.5 Å². The standard InChI is InChI=1S/C10H8O2S/c11-8-5-9(13)10(12)7-4-2-1-3-6(7)8/h1-5,11-13H. The lowest BCUT2D eigenvalue weighted by atomic mass is 10.1. The molecular formula is C10H8O2S. The number of aromatic hydroxyl groups is 2. The average molecular weight is 192 g/mol. The molecule has 0 aliphatic heterocycles. The molecule has 0 unspecified atom stereocenters. The van der Waals surface area contributed by atoms with Crippen LogP contribution in [0.3, 0.4) is 0 Å². The molecule has 66 valence electrons. The van der Waals surface area contributed by atoms with Crippen LogP contribution in [-0.4, -0.2) is 10.2 Å². The Hall–Kier alpha value is -1.35. The highest BCUT2D eigenvalue weighted by atomic mass is 32.1. The van der Waals surface area contributed by atoms with Crippen molar-refractivity contribution in [2.24, 2.45) is 0 Å². The maximum Gasteiger partial charge on any atom is 0.136 e. The Bertz CT molecular complexity index is 466. The Kier molecular flexibility index (Phi) is 1.81. The number of phenolic OH excluding ortho intramolecular Hbond substituents is 2. The van der Waals surface area contributed by atoms with Crippen LogP contribution >= 0.6 is 12.6 Å². The summed E-state index contributed by atoms with van der Waals surface area (Å²) in [6.45, 7) is 0. The van der Waals surface area contributed by atoms with E-state index >= 15 is 0 Å². The zero-order valence-corrected chi connectivity index (χ0v) is 7.62. The summed E-state index contributed by atoms with van der Waals surface area (Å²) in [6.07, 6.45) is 0. The normalized spacial score (nSPS) is 10.5. The lowest BCUT2D eigenvalue weighted by Gasteiger charge is -2.05. The van der Waals surface area contributed by atoms with Crippen LogP contribution in [-0.2, 0) is 0 Å². The molecule has 0 aromatic heterocycles. The van der Waals surface area contributed by atoms with Gasteiger partial charge in [-0.3, -0.25) is 0 Å². The summed E-state index contributed by atoms with van der Waals surface area (Å²) in [7, 11) is 0. The van der Waals surface area contributed by atoms with Crippen LogP contribution in [0, 0.1) is 0 Å². The number of benzene rings is 2. The van der Waals surface area contributed by atoms with E-state index in [1.54, 1.807) is 24.3 Å². The van der Waals surface area contributed by atoms with Crippen molar-refractivity contribution in [2.45, 2.75) is 4.90 Å². The first-order chi connectivity index (χ1) is 6.20. The molecule has 0 fully saturated rings. The monoisotopic (exact) mass is 192 g/mol. The molecular weight excluding hydrogens is 184 g/mol. The maximum absolute atomic E-state index is 9.60. The van der Waals surface area contributed by atoms with Crippen LogP contribution in [0.2, 0.25) is 0 Å². The fourth-order valence-electron chi connectivity index (χ4n) is 1.33. The van der Waals surface area contributed by atoms with Crippen LogP contribution < -0.4 is 0 Å². The van der Waals surface area contributed by atoms with E-state index in [0.29, 0.717) is 15.7 Å². The smallest absolute Gasteiger partial charge is 0.136 e. The predicted molar refractivity (Wildman–Crippen MR) is 54.5 cm³/mol. The van der Waals surface area contributed by atoms with Crippen molar-refractivity contribution in [2.75, 3.05) is 0 Å². The molecule has 2 N–H and O–H groups in total. The van der Waals surface area contributed by atoms with E-state index in [2.05, 4.69) is 12.6 Å². The van der Waals surface area contributed by atoms with Gasteiger partial charge in [-0.1, -0.05) is 24.3 Å². The summed E-state index contributed by atoms with van der Waals surface area (Å²) in [5, 5.41) is 20.4. The Morgan fingerprint density at radius 3 is 2.31 bits per heavy atom. The van der Waals surface area contributed by atoms with Gasteiger partial charge in [0.1, 0.15) is 11.5 Å². The highest BCUT2D eigenvalue weighted by molar-refractivity contribution is 7.80. The van der Waals surface area contributed by atoms with Crippen molar-refractivity contribution in [1.29, 1.82) is 0 Å². The zero-order chi connectivity index (χ0) is 9.42. The fourth-order valence-corrected chi connectivity index (χ4v) is 1.57. The van der Waals surface area contributed by atoms with Crippen LogP contribution in [0.4, 0.5) is 0 Å². The highest BCUT2D eigenvalue weighted by Crippen LogP contribution is 2.36. The third-order valence-corrected chi connectivity index (χ3v) is 2.32. The van der Waals surface area contributed by atoms with Crippen molar-refractivity contribution in [3.05, 3.63) is 30.3 Å². The van der Waals surface area contributed by atoms with Gasteiger partial charge in [-0.2, -0.15) is 0 Å². The second-order valence-corrected chi connectivity index (χ2v) is 3.29. The van der Waals surface area contributed by atoms with Gasteiger partial charge in [0.05, 0.1) is 4.90 Å². The first kappa shape index (κ1) is 8.26. The van der Waals surface area contributed by atoms with Gasteiger partial charge in [0.15, 0.2) is 0 Å². The van der Waals surface area contributed by atoms with E-state index < -0.39 is 0 Å². The van der Waals surface area contributed by atoms with E-state index in [1.807, 2.05) is 0 Å². The summed E-state index contributed by atoms with van der Waals surface area (Å²) in [5.74, 6) is 0.245. The van der Waals surface area contributed by atoms with E-state index in [0.717, 1.165) is 0 Å². The number of hydrogen-bond donors (Lipinski definition) is 3. The number of fused-ring (bicyclic) bond motifs is 1. The van der Waals surface area contributed by atoms with Gasteiger partial charge < -0.3 is 10.2 Å². The molecule has 2 aromatic carbocycles. The zero-order valence-electron chi connectivity index (χ0n) is 6.73. The van der Waals surface area contributed by atoms with Gasteiger partial charge in [0.2, 0.25) is 0 Å². The molecule has 2 rings (SSSR count). The van der Waals surface area contributed by atoms with Crippen LogP contribution in [0.1, 0.15) is 0 Å². The molecule has 0 aliphatic carbocycles. The molecule has 0 heterocycles.